The molecule has 0 bridgehead atoms. The van der Waals surface area contributed by atoms with Crippen molar-refractivity contribution in [2.24, 2.45) is 0 Å². The van der Waals surface area contributed by atoms with Gasteiger partial charge in [0.15, 0.2) is 10.0 Å². The van der Waals surface area contributed by atoms with Gasteiger partial charge >= 0.3 is 5.97 Å². The summed E-state index contributed by atoms with van der Waals surface area (Å²) in [4.78, 5) is 14.7. The first-order chi connectivity index (χ1) is 7.77. The maximum Gasteiger partial charge on any atom is 0.354 e. The Balaban J connectivity index is 2.12. The molecule has 0 saturated heterocycles. The summed E-state index contributed by atoms with van der Waals surface area (Å²) in [5.74, 6) is -0.474. The summed E-state index contributed by atoms with van der Waals surface area (Å²) in [6, 6.07) is 3.48. The van der Waals surface area contributed by atoms with Crippen molar-refractivity contribution < 1.29 is 9.90 Å². The zero-order chi connectivity index (χ0) is 11.4. The van der Waals surface area contributed by atoms with Crippen molar-refractivity contribution in [2.45, 2.75) is 10.1 Å². The van der Waals surface area contributed by atoms with Crippen LogP contribution in [0.25, 0.3) is 0 Å². The first-order valence-corrected chi connectivity index (χ1v) is 6.20. The molecule has 5 nitrogen and oxygen atoms in total. The Kier molecular flexibility index (Phi) is 3.47. The van der Waals surface area contributed by atoms with Crippen LogP contribution in [0.1, 0.15) is 16.1 Å². The molecule has 0 aliphatic carbocycles. The molecule has 0 saturated carbocycles. The summed E-state index contributed by atoms with van der Waals surface area (Å²) in [5, 5.41) is 16.5. The van der Waals surface area contributed by atoms with Crippen LogP contribution in [0.15, 0.2) is 28.2 Å². The topological polar surface area (TPSA) is 76.0 Å². The number of carboxylic acid groups (broad SMARTS) is 1. The Hall–Kier alpha value is -1.47. The van der Waals surface area contributed by atoms with Gasteiger partial charge in [-0.15, -0.1) is 10.2 Å². The second-order valence-corrected chi connectivity index (χ2v) is 4.87. The highest BCUT2D eigenvalue weighted by Gasteiger charge is 2.11. The largest absolute Gasteiger partial charge is 0.477 e. The first-order valence-electron chi connectivity index (χ1n) is 4.33. The predicted molar refractivity (Wildman–Crippen MR) is 60.7 cm³/mol. The average molecular weight is 253 g/mol. The van der Waals surface area contributed by atoms with Gasteiger partial charge in [-0.05, 0) is 11.6 Å². The monoisotopic (exact) mass is 253 g/mol. The highest BCUT2D eigenvalue weighted by atomic mass is 32.2. The maximum atomic E-state index is 10.9. The van der Waals surface area contributed by atoms with Crippen molar-refractivity contribution in [3.8, 4) is 0 Å². The zero-order valence-corrected chi connectivity index (χ0v) is 9.66. The van der Waals surface area contributed by atoms with E-state index in [9.17, 15) is 4.79 Å². The van der Waals surface area contributed by atoms with Crippen molar-refractivity contribution in [1.82, 2.24) is 15.2 Å². The average Bonchev–Trinajstić information content (AvgIpc) is 2.79. The molecule has 0 amide bonds. The highest BCUT2D eigenvalue weighted by Crippen LogP contribution is 2.24. The van der Waals surface area contributed by atoms with Crippen molar-refractivity contribution >= 4 is 29.1 Å². The minimum Gasteiger partial charge on any atom is -0.477 e. The molecule has 0 radical (unpaired) electrons. The lowest BCUT2D eigenvalue weighted by atomic mass is 10.2. The van der Waals surface area contributed by atoms with Gasteiger partial charge in [-0.2, -0.15) is 0 Å². The van der Waals surface area contributed by atoms with Gasteiger partial charge in [-0.3, -0.25) is 0 Å². The fraction of sp³-hybridized carbons (Fsp3) is 0.111. The second-order valence-electron chi connectivity index (χ2n) is 2.81. The number of pyridine rings is 1. The predicted octanol–water partition coefficient (Wildman–Crippen LogP) is 1.92. The number of carbonyl (C=O) groups is 1. The standard InChI is InChI=1S/C9H7N3O2S2/c13-8(14)7-6(2-1-3-10-7)4-15-9-12-11-5-16-9/h1-3,5H,4H2,(H,13,14). The minimum absolute atomic E-state index is 0.0968. The lowest BCUT2D eigenvalue weighted by molar-refractivity contribution is 0.0689. The fourth-order valence-corrected chi connectivity index (χ4v) is 2.59. The van der Waals surface area contributed by atoms with Gasteiger partial charge in [0.05, 0.1) is 0 Å². The van der Waals surface area contributed by atoms with Crippen molar-refractivity contribution in [1.29, 1.82) is 0 Å². The van der Waals surface area contributed by atoms with Gasteiger partial charge in [0.2, 0.25) is 0 Å². The van der Waals surface area contributed by atoms with Crippen LogP contribution in [0.4, 0.5) is 0 Å². The Labute approximate surface area is 99.6 Å². The molecule has 0 aromatic carbocycles. The number of rotatable bonds is 4. The Morgan fingerprint density at radius 1 is 1.56 bits per heavy atom. The molecular formula is C9H7N3O2S2. The smallest absolute Gasteiger partial charge is 0.354 e. The molecule has 0 spiro atoms. The number of nitrogens with zero attached hydrogens (tertiary/aromatic N) is 3. The van der Waals surface area contributed by atoms with Crippen molar-refractivity contribution in [3.05, 3.63) is 35.1 Å². The normalized spacial score (nSPS) is 10.2. The zero-order valence-electron chi connectivity index (χ0n) is 8.03. The van der Waals surface area contributed by atoms with E-state index in [1.165, 1.54) is 29.3 Å². The van der Waals surface area contributed by atoms with Gasteiger partial charge < -0.3 is 5.11 Å². The van der Waals surface area contributed by atoms with E-state index < -0.39 is 5.97 Å². The number of hydrogen-bond donors (Lipinski definition) is 1. The molecular weight excluding hydrogens is 246 g/mol. The van der Waals surface area contributed by atoms with Gasteiger partial charge in [-0.25, -0.2) is 9.78 Å². The molecule has 0 fully saturated rings. The van der Waals surface area contributed by atoms with E-state index in [1.807, 2.05) is 0 Å². The van der Waals surface area contributed by atoms with E-state index in [2.05, 4.69) is 15.2 Å². The number of carboxylic acids is 1. The van der Waals surface area contributed by atoms with Crippen LogP contribution in [0.5, 0.6) is 0 Å². The van der Waals surface area contributed by atoms with Crippen LogP contribution in [-0.4, -0.2) is 26.3 Å². The van der Waals surface area contributed by atoms with E-state index in [0.29, 0.717) is 11.3 Å². The molecule has 16 heavy (non-hydrogen) atoms. The second kappa shape index (κ2) is 5.04. The number of aromatic nitrogens is 3. The van der Waals surface area contributed by atoms with Crippen LogP contribution in [0.2, 0.25) is 0 Å². The number of hydrogen-bond acceptors (Lipinski definition) is 6. The molecule has 0 aliphatic heterocycles. The van der Waals surface area contributed by atoms with Crippen LogP contribution in [0, 0.1) is 0 Å². The van der Waals surface area contributed by atoms with Crippen molar-refractivity contribution in [3.63, 3.8) is 0 Å². The summed E-state index contributed by atoms with van der Waals surface area (Å²) < 4.78 is 0.820. The van der Waals surface area contributed by atoms with Gasteiger partial charge in [0.25, 0.3) is 0 Å². The van der Waals surface area contributed by atoms with Crippen molar-refractivity contribution in [2.75, 3.05) is 0 Å². The number of aromatic carboxylic acids is 1. The van der Waals surface area contributed by atoms with Crippen LogP contribution < -0.4 is 0 Å². The van der Waals surface area contributed by atoms with E-state index >= 15 is 0 Å². The lowest BCUT2D eigenvalue weighted by Gasteiger charge is -2.02. The Morgan fingerprint density at radius 2 is 2.44 bits per heavy atom. The Bertz CT molecular complexity index is 487. The minimum atomic E-state index is -1.01. The SMILES string of the molecule is O=C(O)c1ncccc1CSc1nncs1. The molecule has 2 heterocycles. The summed E-state index contributed by atoms with van der Waals surface area (Å²) in [5.41, 5.74) is 2.43. The van der Waals surface area contributed by atoms with E-state index in [-0.39, 0.29) is 5.69 Å². The lowest BCUT2D eigenvalue weighted by Crippen LogP contribution is -2.04. The first kappa shape index (κ1) is 11.0. The summed E-state index contributed by atoms with van der Waals surface area (Å²) in [6.07, 6.45) is 1.47. The van der Waals surface area contributed by atoms with Gasteiger partial charge in [-0.1, -0.05) is 29.2 Å². The Morgan fingerprint density at radius 3 is 3.12 bits per heavy atom. The van der Waals surface area contributed by atoms with E-state index in [1.54, 1.807) is 17.6 Å². The summed E-state index contributed by atoms with van der Waals surface area (Å²) in [6.45, 7) is 0. The summed E-state index contributed by atoms with van der Waals surface area (Å²) in [7, 11) is 0. The van der Waals surface area contributed by atoms with E-state index in [0.717, 1.165) is 4.34 Å². The third-order valence-corrected chi connectivity index (χ3v) is 3.69. The third-order valence-electron chi connectivity index (χ3n) is 1.79. The van der Waals surface area contributed by atoms with Gasteiger partial charge in [0, 0.05) is 11.9 Å². The fourth-order valence-electron chi connectivity index (χ4n) is 1.11. The van der Waals surface area contributed by atoms with Crippen LogP contribution in [0.3, 0.4) is 0 Å². The molecule has 7 heteroatoms. The highest BCUT2D eigenvalue weighted by molar-refractivity contribution is 8.00. The van der Waals surface area contributed by atoms with Crippen LogP contribution in [-0.2, 0) is 5.75 Å². The maximum absolute atomic E-state index is 10.9. The summed E-state index contributed by atoms with van der Waals surface area (Å²) >= 11 is 2.88. The molecule has 2 aromatic heterocycles. The quantitative estimate of drug-likeness (QED) is 0.839. The molecule has 0 unspecified atom stereocenters. The number of thioether (sulfide) groups is 1. The third kappa shape index (κ3) is 2.56. The van der Waals surface area contributed by atoms with Crippen LogP contribution >= 0.6 is 23.1 Å². The van der Waals surface area contributed by atoms with Gasteiger partial charge in [0.1, 0.15) is 5.51 Å². The molecule has 0 aliphatic rings. The molecule has 2 aromatic rings. The molecule has 2 rings (SSSR count). The van der Waals surface area contributed by atoms with E-state index in [4.69, 9.17) is 5.11 Å². The molecule has 1 N–H and O–H groups in total. The molecule has 0 atom stereocenters. The molecule has 82 valence electrons.